The quantitative estimate of drug-likeness (QED) is 0.802. The lowest BCUT2D eigenvalue weighted by Gasteiger charge is -2.13. The lowest BCUT2D eigenvalue weighted by molar-refractivity contribution is -0.139. The molecule has 1 unspecified atom stereocenters. The normalized spacial score (nSPS) is 12.2. The molecule has 0 fully saturated rings. The van der Waals surface area contributed by atoms with Gasteiger partial charge in [0.2, 0.25) is 5.89 Å². The van der Waals surface area contributed by atoms with E-state index in [4.69, 9.17) is 4.52 Å². The van der Waals surface area contributed by atoms with E-state index in [2.05, 4.69) is 15.5 Å². The summed E-state index contributed by atoms with van der Waals surface area (Å²) in [7, 11) is 0. The van der Waals surface area contributed by atoms with Gasteiger partial charge in [0, 0.05) is 6.42 Å². The van der Waals surface area contributed by atoms with E-state index in [0.29, 0.717) is 17.3 Å². The Bertz CT molecular complexity index is 554. The van der Waals surface area contributed by atoms with Crippen molar-refractivity contribution in [1.29, 1.82) is 0 Å². The van der Waals surface area contributed by atoms with Crippen molar-refractivity contribution in [1.82, 2.24) is 15.5 Å². The highest BCUT2D eigenvalue weighted by Gasteiger charge is 2.19. The summed E-state index contributed by atoms with van der Waals surface area (Å²) >= 11 is 0. The first-order valence-electron chi connectivity index (χ1n) is 6.53. The highest BCUT2D eigenvalue weighted by atomic mass is 16.5. The number of aromatic nitrogens is 2. The number of carboxylic acid groups (broad SMARTS) is 1. The molecule has 6 heteroatoms. The lowest BCUT2D eigenvalue weighted by Crippen LogP contribution is -2.28. The van der Waals surface area contributed by atoms with Gasteiger partial charge in [0.05, 0.1) is 6.54 Å². The van der Waals surface area contributed by atoms with Crippen LogP contribution in [0.3, 0.4) is 0 Å². The molecule has 0 aliphatic rings. The third kappa shape index (κ3) is 3.64. The number of carbonyl (C=O) groups is 1. The van der Waals surface area contributed by atoms with Crippen molar-refractivity contribution < 1.29 is 14.4 Å². The number of nitrogens with one attached hydrogen (secondary N) is 1. The number of hydrogen-bond donors (Lipinski definition) is 2. The summed E-state index contributed by atoms with van der Waals surface area (Å²) in [6, 6.07) is 8.19. The van der Waals surface area contributed by atoms with Crippen molar-refractivity contribution in [3.8, 4) is 0 Å². The number of rotatable bonds is 7. The molecule has 1 aromatic carbocycles. The Morgan fingerprint density at radius 3 is 2.80 bits per heavy atom. The first-order valence-corrected chi connectivity index (χ1v) is 6.53. The molecule has 0 aliphatic carbocycles. The van der Waals surface area contributed by atoms with E-state index in [9.17, 15) is 9.90 Å². The summed E-state index contributed by atoms with van der Waals surface area (Å²) in [5.41, 5.74) is 0.688. The first-order chi connectivity index (χ1) is 9.70. The molecule has 2 rings (SSSR count). The highest BCUT2D eigenvalue weighted by Crippen LogP contribution is 2.13. The molecule has 2 aromatic rings. The molecule has 1 heterocycles. The molecule has 1 atom stereocenters. The second-order valence-electron chi connectivity index (χ2n) is 4.42. The van der Waals surface area contributed by atoms with Crippen LogP contribution in [-0.2, 0) is 17.8 Å². The summed E-state index contributed by atoms with van der Waals surface area (Å²) < 4.78 is 5.07. The molecule has 106 valence electrons. The van der Waals surface area contributed by atoms with Crippen LogP contribution in [0.2, 0.25) is 0 Å². The fourth-order valence-electron chi connectivity index (χ4n) is 1.87. The smallest absolute Gasteiger partial charge is 0.325 e. The van der Waals surface area contributed by atoms with Crippen LogP contribution < -0.4 is 5.32 Å². The van der Waals surface area contributed by atoms with Crippen LogP contribution in [0.1, 0.15) is 36.7 Å². The molecule has 2 N–H and O–H groups in total. The molecule has 0 radical (unpaired) electrons. The molecule has 0 saturated heterocycles. The SMILES string of the molecule is CCCc1noc(CNC(C(=O)O)c2ccccc2)n1. The van der Waals surface area contributed by atoms with Crippen LogP contribution in [0.5, 0.6) is 0 Å². The summed E-state index contributed by atoms with van der Waals surface area (Å²) in [6.07, 6.45) is 1.69. The Morgan fingerprint density at radius 1 is 1.40 bits per heavy atom. The third-order valence-electron chi connectivity index (χ3n) is 2.82. The van der Waals surface area contributed by atoms with E-state index in [-0.39, 0.29) is 6.54 Å². The van der Waals surface area contributed by atoms with E-state index >= 15 is 0 Å². The van der Waals surface area contributed by atoms with Crippen molar-refractivity contribution in [2.45, 2.75) is 32.4 Å². The van der Waals surface area contributed by atoms with Crippen LogP contribution in [0, 0.1) is 0 Å². The van der Waals surface area contributed by atoms with Crippen molar-refractivity contribution in [3.05, 3.63) is 47.6 Å². The first kappa shape index (κ1) is 14.2. The van der Waals surface area contributed by atoms with Gasteiger partial charge in [0.1, 0.15) is 6.04 Å². The number of carboxylic acids is 1. The maximum atomic E-state index is 11.3. The summed E-state index contributed by atoms with van der Waals surface area (Å²) in [5.74, 6) is 0.107. The third-order valence-corrected chi connectivity index (χ3v) is 2.82. The van der Waals surface area contributed by atoms with E-state index in [1.165, 1.54) is 0 Å². The van der Waals surface area contributed by atoms with Crippen molar-refractivity contribution >= 4 is 5.97 Å². The Hall–Kier alpha value is -2.21. The molecule has 1 aromatic heterocycles. The van der Waals surface area contributed by atoms with Gasteiger partial charge in [-0.1, -0.05) is 42.4 Å². The minimum atomic E-state index is -0.940. The fraction of sp³-hybridized carbons (Fsp3) is 0.357. The molecule has 0 amide bonds. The maximum absolute atomic E-state index is 11.3. The molecule has 0 spiro atoms. The van der Waals surface area contributed by atoms with Crippen molar-refractivity contribution in [3.63, 3.8) is 0 Å². The van der Waals surface area contributed by atoms with E-state index < -0.39 is 12.0 Å². The minimum Gasteiger partial charge on any atom is -0.480 e. The zero-order chi connectivity index (χ0) is 14.4. The van der Waals surface area contributed by atoms with Crippen LogP contribution in [-0.4, -0.2) is 21.2 Å². The summed E-state index contributed by atoms with van der Waals surface area (Å²) in [4.78, 5) is 15.5. The van der Waals surface area contributed by atoms with Gasteiger partial charge in [-0.05, 0) is 12.0 Å². The van der Waals surface area contributed by atoms with Crippen LogP contribution in [0.15, 0.2) is 34.9 Å². The molecule has 20 heavy (non-hydrogen) atoms. The average Bonchev–Trinajstić information content (AvgIpc) is 2.88. The predicted molar refractivity (Wildman–Crippen MR) is 72.0 cm³/mol. The minimum absolute atomic E-state index is 0.225. The summed E-state index contributed by atoms with van der Waals surface area (Å²) in [6.45, 7) is 2.26. The average molecular weight is 275 g/mol. The molecule has 6 nitrogen and oxygen atoms in total. The Morgan fingerprint density at radius 2 is 2.15 bits per heavy atom. The number of nitrogens with zero attached hydrogens (tertiary/aromatic N) is 2. The van der Waals surface area contributed by atoms with E-state index in [1.54, 1.807) is 24.3 Å². The highest BCUT2D eigenvalue weighted by molar-refractivity contribution is 5.75. The second kappa shape index (κ2) is 6.81. The van der Waals surface area contributed by atoms with Crippen molar-refractivity contribution in [2.75, 3.05) is 0 Å². The van der Waals surface area contributed by atoms with Crippen molar-refractivity contribution in [2.24, 2.45) is 0 Å². The predicted octanol–water partition coefficient (Wildman–Crippen LogP) is 1.94. The van der Waals surface area contributed by atoms with E-state index in [0.717, 1.165) is 12.8 Å². The van der Waals surface area contributed by atoms with Crippen LogP contribution in [0.25, 0.3) is 0 Å². The van der Waals surface area contributed by atoms with Gasteiger partial charge in [-0.25, -0.2) is 0 Å². The zero-order valence-electron chi connectivity index (χ0n) is 11.2. The Balaban J connectivity index is 2.00. The number of aliphatic carboxylic acids is 1. The van der Waals surface area contributed by atoms with Gasteiger partial charge >= 0.3 is 5.97 Å². The molecule has 0 aliphatic heterocycles. The topological polar surface area (TPSA) is 88.2 Å². The monoisotopic (exact) mass is 275 g/mol. The Kier molecular flexibility index (Phi) is 4.84. The van der Waals surface area contributed by atoms with Gasteiger partial charge in [-0.3, -0.25) is 10.1 Å². The number of aryl methyl sites for hydroxylation is 1. The number of benzene rings is 1. The van der Waals surface area contributed by atoms with Gasteiger partial charge < -0.3 is 9.63 Å². The standard InChI is InChI=1S/C14H17N3O3/c1-2-6-11-16-12(20-17-11)9-15-13(14(18)19)10-7-4-3-5-8-10/h3-5,7-8,13,15H,2,6,9H2,1H3,(H,18,19). The molecule has 0 bridgehead atoms. The molecular formula is C14H17N3O3. The number of hydrogen-bond acceptors (Lipinski definition) is 5. The lowest BCUT2D eigenvalue weighted by atomic mass is 10.1. The van der Waals surface area contributed by atoms with E-state index in [1.807, 2.05) is 13.0 Å². The van der Waals surface area contributed by atoms with Gasteiger partial charge in [0.15, 0.2) is 5.82 Å². The summed E-state index contributed by atoms with van der Waals surface area (Å²) in [5, 5.41) is 16.0. The zero-order valence-corrected chi connectivity index (χ0v) is 11.2. The van der Waals surface area contributed by atoms with Crippen LogP contribution >= 0.6 is 0 Å². The molecular weight excluding hydrogens is 258 g/mol. The maximum Gasteiger partial charge on any atom is 0.325 e. The second-order valence-corrected chi connectivity index (χ2v) is 4.42. The van der Waals surface area contributed by atoms with Crippen LogP contribution in [0.4, 0.5) is 0 Å². The fourth-order valence-corrected chi connectivity index (χ4v) is 1.87. The largest absolute Gasteiger partial charge is 0.480 e. The Labute approximate surface area is 116 Å². The molecule has 0 saturated carbocycles. The van der Waals surface area contributed by atoms with Gasteiger partial charge in [-0.15, -0.1) is 0 Å². The van der Waals surface area contributed by atoms with Gasteiger partial charge in [-0.2, -0.15) is 4.98 Å². The van der Waals surface area contributed by atoms with Gasteiger partial charge in [0.25, 0.3) is 0 Å².